The number of anilines is 1. The normalized spacial score (nSPS) is 11.9. The van der Waals surface area contributed by atoms with E-state index in [1.807, 2.05) is 6.92 Å². The first-order valence-corrected chi connectivity index (χ1v) is 10.2. The van der Waals surface area contributed by atoms with Gasteiger partial charge in [0.25, 0.3) is 5.56 Å². The number of hydrogen-bond acceptors (Lipinski definition) is 6. The molecule has 0 radical (unpaired) electrons. The van der Waals surface area contributed by atoms with Crippen LogP contribution in [0.1, 0.15) is 51.5 Å². The molecule has 0 fully saturated rings. The second kappa shape index (κ2) is 9.43. The molecule has 0 bridgehead atoms. The summed E-state index contributed by atoms with van der Waals surface area (Å²) in [4.78, 5) is 31.3. The molecule has 9 nitrogen and oxygen atoms in total. The van der Waals surface area contributed by atoms with E-state index in [1.165, 1.54) is 11.0 Å². The van der Waals surface area contributed by atoms with Gasteiger partial charge in [0.15, 0.2) is 11.2 Å². The molecular formula is C21H28N6O3. The number of benzene rings is 1. The summed E-state index contributed by atoms with van der Waals surface area (Å²) >= 11 is 0. The average molecular weight is 412 g/mol. The van der Waals surface area contributed by atoms with Gasteiger partial charge in [-0.3, -0.25) is 14.3 Å². The second-order valence-corrected chi connectivity index (χ2v) is 7.35. The van der Waals surface area contributed by atoms with Crippen LogP contribution in [-0.4, -0.2) is 29.9 Å². The van der Waals surface area contributed by atoms with E-state index in [0.29, 0.717) is 29.4 Å². The molecule has 3 N–H and O–H groups in total. The molecule has 160 valence electrons. The molecule has 30 heavy (non-hydrogen) atoms. The van der Waals surface area contributed by atoms with Gasteiger partial charge >= 0.3 is 5.69 Å². The number of hydrazone groups is 1. The number of aryl methyl sites for hydroxylation is 2. The van der Waals surface area contributed by atoms with Crippen LogP contribution in [0.4, 0.5) is 5.95 Å². The van der Waals surface area contributed by atoms with E-state index in [1.54, 1.807) is 35.9 Å². The van der Waals surface area contributed by atoms with Gasteiger partial charge in [-0.2, -0.15) is 10.1 Å². The zero-order valence-corrected chi connectivity index (χ0v) is 17.6. The highest BCUT2D eigenvalue weighted by molar-refractivity contribution is 5.99. The van der Waals surface area contributed by atoms with E-state index in [2.05, 4.69) is 27.4 Å². The maximum absolute atomic E-state index is 12.5. The van der Waals surface area contributed by atoms with Crippen LogP contribution in [0, 0.1) is 0 Å². The molecule has 0 aliphatic rings. The number of aromatic amines is 1. The number of nitrogens with one attached hydrogen (secondary N) is 2. The summed E-state index contributed by atoms with van der Waals surface area (Å²) in [5.41, 5.74) is 4.20. The number of aromatic hydroxyl groups is 1. The molecule has 3 rings (SSSR count). The van der Waals surface area contributed by atoms with Crippen LogP contribution >= 0.6 is 0 Å². The Balaban J connectivity index is 1.94. The topological polar surface area (TPSA) is 117 Å². The predicted octanol–water partition coefficient (Wildman–Crippen LogP) is 2.94. The molecule has 0 saturated heterocycles. The number of nitrogens with zero attached hydrogens (tertiary/aromatic N) is 4. The van der Waals surface area contributed by atoms with Crippen LogP contribution in [-0.2, 0) is 13.6 Å². The molecular weight excluding hydrogens is 384 g/mol. The van der Waals surface area contributed by atoms with Crippen LogP contribution in [0.25, 0.3) is 11.2 Å². The molecule has 0 spiro atoms. The number of unbranched alkanes of at least 4 members (excludes halogenated alkanes) is 4. The van der Waals surface area contributed by atoms with Crippen LogP contribution < -0.4 is 16.7 Å². The van der Waals surface area contributed by atoms with Crippen molar-refractivity contribution < 1.29 is 5.11 Å². The SMILES string of the molecule is CCCCCCCn1c(NN=C(C)c2ccc(O)cc2)nc2c1c(=O)[nH]c(=O)n2C. The summed E-state index contributed by atoms with van der Waals surface area (Å²) in [6.07, 6.45) is 5.42. The third-order valence-electron chi connectivity index (χ3n) is 5.10. The van der Waals surface area contributed by atoms with Crippen LogP contribution in [0.15, 0.2) is 39.0 Å². The van der Waals surface area contributed by atoms with Crippen LogP contribution in [0.5, 0.6) is 5.75 Å². The lowest BCUT2D eigenvalue weighted by molar-refractivity contribution is 0.475. The number of fused-ring (bicyclic) bond motifs is 1. The quantitative estimate of drug-likeness (QED) is 0.284. The van der Waals surface area contributed by atoms with E-state index in [-0.39, 0.29) is 5.75 Å². The van der Waals surface area contributed by atoms with Crippen molar-refractivity contribution >= 4 is 22.8 Å². The van der Waals surface area contributed by atoms with Gasteiger partial charge in [-0.05, 0) is 43.2 Å². The molecule has 9 heteroatoms. The van der Waals surface area contributed by atoms with Crippen molar-refractivity contribution in [3.63, 3.8) is 0 Å². The number of rotatable bonds is 9. The fourth-order valence-corrected chi connectivity index (χ4v) is 3.31. The average Bonchev–Trinajstić information content (AvgIpc) is 3.10. The summed E-state index contributed by atoms with van der Waals surface area (Å²) in [7, 11) is 1.58. The Labute approximate surface area is 174 Å². The summed E-state index contributed by atoms with van der Waals surface area (Å²) < 4.78 is 3.11. The number of aromatic nitrogens is 4. The summed E-state index contributed by atoms with van der Waals surface area (Å²) in [6, 6.07) is 6.71. The lowest BCUT2D eigenvalue weighted by Crippen LogP contribution is -2.29. The smallest absolute Gasteiger partial charge is 0.329 e. The molecule has 0 aliphatic heterocycles. The Morgan fingerprint density at radius 3 is 2.57 bits per heavy atom. The zero-order valence-electron chi connectivity index (χ0n) is 17.6. The largest absolute Gasteiger partial charge is 0.508 e. The van der Waals surface area contributed by atoms with Gasteiger partial charge in [0, 0.05) is 13.6 Å². The van der Waals surface area contributed by atoms with Crippen LogP contribution in [0.3, 0.4) is 0 Å². The Bertz CT molecular complexity index is 1150. The van der Waals surface area contributed by atoms with E-state index < -0.39 is 11.2 Å². The first-order valence-electron chi connectivity index (χ1n) is 10.2. The Hall–Kier alpha value is -3.36. The summed E-state index contributed by atoms with van der Waals surface area (Å²) in [5, 5.41) is 13.8. The Morgan fingerprint density at radius 2 is 1.87 bits per heavy atom. The summed E-state index contributed by atoms with van der Waals surface area (Å²) in [6.45, 7) is 4.59. The van der Waals surface area contributed by atoms with Gasteiger partial charge in [-0.1, -0.05) is 32.6 Å². The lowest BCUT2D eigenvalue weighted by Gasteiger charge is -2.09. The molecule has 1 aromatic carbocycles. The van der Waals surface area contributed by atoms with Crippen molar-refractivity contribution in [1.29, 1.82) is 0 Å². The number of hydrogen-bond donors (Lipinski definition) is 3. The van der Waals surface area contributed by atoms with Crippen molar-refractivity contribution in [2.45, 2.75) is 52.5 Å². The summed E-state index contributed by atoms with van der Waals surface area (Å²) in [5.74, 6) is 0.592. The van der Waals surface area contributed by atoms with Gasteiger partial charge < -0.3 is 9.67 Å². The molecule has 2 aromatic heterocycles. The number of phenols is 1. The van der Waals surface area contributed by atoms with Crippen molar-refractivity contribution in [1.82, 2.24) is 19.1 Å². The fourth-order valence-electron chi connectivity index (χ4n) is 3.31. The van der Waals surface area contributed by atoms with Gasteiger partial charge in [0.1, 0.15) is 5.75 Å². The lowest BCUT2D eigenvalue weighted by atomic mass is 10.1. The zero-order chi connectivity index (χ0) is 21.7. The number of imidazole rings is 1. The van der Waals surface area contributed by atoms with E-state index in [9.17, 15) is 14.7 Å². The minimum atomic E-state index is -0.504. The monoisotopic (exact) mass is 412 g/mol. The maximum Gasteiger partial charge on any atom is 0.329 e. The second-order valence-electron chi connectivity index (χ2n) is 7.35. The molecule has 0 aliphatic carbocycles. The van der Waals surface area contributed by atoms with Crippen molar-refractivity contribution in [3.05, 3.63) is 50.7 Å². The Morgan fingerprint density at radius 1 is 1.17 bits per heavy atom. The van der Waals surface area contributed by atoms with Gasteiger partial charge in [-0.25, -0.2) is 10.2 Å². The van der Waals surface area contributed by atoms with Crippen molar-refractivity contribution in [2.75, 3.05) is 5.43 Å². The van der Waals surface area contributed by atoms with Crippen molar-refractivity contribution in [3.8, 4) is 5.75 Å². The van der Waals surface area contributed by atoms with Crippen LogP contribution in [0.2, 0.25) is 0 Å². The first-order chi connectivity index (χ1) is 14.4. The van der Waals surface area contributed by atoms with E-state index >= 15 is 0 Å². The van der Waals surface area contributed by atoms with Gasteiger partial charge in [-0.15, -0.1) is 0 Å². The molecule has 0 atom stereocenters. The molecule has 2 heterocycles. The van der Waals surface area contributed by atoms with E-state index in [0.717, 1.165) is 31.2 Å². The molecule has 0 unspecified atom stereocenters. The van der Waals surface area contributed by atoms with E-state index in [4.69, 9.17) is 0 Å². The molecule has 0 saturated carbocycles. The Kier molecular flexibility index (Phi) is 6.71. The number of H-pyrrole nitrogens is 1. The third kappa shape index (κ3) is 4.61. The highest BCUT2D eigenvalue weighted by Crippen LogP contribution is 2.18. The highest BCUT2D eigenvalue weighted by Gasteiger charge is 2.17. The minimum Gasteiger partial charge on any atom is -0.508 e. The minimum absolute atomic E-state index is 0.185. The van der Waals surface area contributed by atoms with Crippen molar-refractivity contribution in [2.24, 2.45) is 12.1 Å². The fraction of sp³-hybridized carbons (Fsp3) is 0.429. The first kappa shape index (κ1) is 21.4. The van der Waals surface area contributed by atoms with Gasteiger partial charge in [0.2, 0.25) is 5.95 Å². The molecule has 0 amide bonds. The number of phenolic OH excluding ortho intramolecular Hbond substituents is 1. The maximum atomic E-state index is 12.5. The predicted molar refractivity (Wildman–Crippen MR) is 118 cm³/mol. The standard InChI is InChI=1S/C21H28N6O3/c1-4-5-6-7-8-13-27-17-18(26(3)21(30)23-19(17)29)22-20(27)25-24-14(2)15-9-11-16(28)12-10-15/h9-12,28H,4-8,13H2,1-3H3,(H,22,25)(H,23,29,30). The van der Waals surface area contributed by atoms with Gasteiger partial charge in [0.05, 0.1) is 5.71 Å². The third-order valence-corrected chi connectivity index (χ3v) is 5.10. The molecule has 3 aromatic rings. The highest BCUT2D eigenvalue weighted by atomic mass is 16.3.